The summed E-state index contributed by atoms with van der Waals surface area (Å²) in [6, 6.07) is 7.69. The van der Waals surface area contributed by atoms with Crippen molar-refractivity contribution in [1.29, 1.82) is 0 Å². The molecule has 0 bridgehead atoms. The van der Waals surface area contributed by atoms with E-state index in [1.807, 2.05) is 0 Å². The molecule has 2 aromatic carbocycles. The first-order chi connectivity index (χ1) is 16.5. The molecule has 2 unspecified atom stereocenters. The van der Waals surface area contributed by atoms with Crippen LogP contribution in [0.1, 0.15) is 27.5 Å². The Labute approximate surface area is 202 Å². The van der Waals surface area contributed by atoms with Gasteiger partial charge in [0.05, 0.1) is 23.8 Å². The summed E-state index contributed by atoms with van der Waals surface area (Å²) < 4.78 is 67.3. The number of nitrogens with one attached hydrogen (secondary N) is 2. The van der Waals surface area contributed by atoms with E-state index >= 15 is 0 Å². The molecule has 2 heterocycles. The van der Waals surface area contributed by atoms with Crippen LogP contribution in [0.15, 0.2) is 47.5 Å². The van der Waals surface area contributed by atoms with Gasteiger partial charge in [-0.1, -0.05) is 36.0 Å². The zero-order valence-electron chi connectivity index (χ0n) is 18.3. The first-order valence-corrected chi connectivity index (χ1v) is 11.6. The second kappa shape index (κ2) is 9.75. The van der Waals surface area contributed by atoms with Gasteiger partial charge < -0.3 is 21.5 Å². The smallest absolute Gasteiger partial charge is 0.390 e. The summed E-state index contributed by atoms with van der Waals surface area (Å²) in [5.41, 5.74) is 7.84. The zero-order valence-corrected chi connectivity index (χ0v) is 19.1. The van der Waals surface area contributed by atoms with Crippen molar-refractivity contribution < 1.29 is 31.9 Å². The number of alkyl halides is 5. The molecule has 0 aliphatic carbocycles. The summed E-state index contributed by atoms with van der Waals surface area (Å²) in [5.74, 6) is -3.61. The van der Waals surface area contributed by atoms with Crippen LogP contribution >= 0.6 is 11.8 Å². The van der Waals surface area contributed by atoms with Crippen LogP contribution in [-0.4, -0.2) is 47.3 Å². The van der Waals surface area contributed by atoms with Crippen LogP contribution in [0, 0.1) is 0 Å². The fourth-order valence-electron chi connectivity index (χ4n) is 4.02. The number of nitrogens with two attached hydrogens (primary N) is 1. The molecule has 1 amide bonds. The molecule has 0 aromatic heterocycles. The molecule has 2 aliphatic rings. The second-order valence-corrected chi connectivity index (χ2v) is 9.66. The van der Waals surface area contributed by atoms with Gasteiger partial charge >= 0.3 is 6.18 Å². The number of halogens is 5. The summed E-state index contributed by atoms with van der Waals surface area (Å²) in [5, 5.41) is 14.1. The van der Waals surface area contributed by atoms with Gasteiger partial charge in [-0.25, -0.2) is 8.78 Å². The standard InChI is InChI=1S/C23H23F5N4O2S/c24-22(25,11-33)20-19(13-3-6-17-14(8-13)9-18(34)31-17)35-21(32-20)30-10-16(29)7-12-1-4-15(5-2-12)23(26,27)28/h1-6,8,16,19-20,33H,7,9-11,29H2,(H,30,32)(H,31,34)/t16-,19?,20?/m0/s1. The number of hydrogen-bond donors (Lipinski definition) is 4. The van der Waals surface area contributed by atoms with E-state index in [4.69, 9.17) is 5.73 Å². The van der Waals surface area contributed by atoms with Gasteiger partial charge in [-0.3, -0.25) is 9.79 Å². The van der Waals surface area contributed by atoms with Crippen LogP contribution in [-0.2, 0) is 23.8 Å². The number of carbonyl (C=O) groups excluding carboxylic acids is 1. The fraction of sp³-hybridized carbons (Fsp3) is 0.391. The number of aliphatic hydroxyl groups excluding tert-OH is 1. The van der Waals surface area contributed by atoms with Gasteiger partial charge in [-0.05, 0) is 41.3 Å². The predicted molar refractivity (Wildman–Crippen MR) is 123 cm³/mol. The maximum atomic E-state index is 14.6. The largest absolute Gasteiger partial charge is 0.416 e. The van der Waals surface area contributed by atoms with Crippen molar-refractivity contribution in [1.82, 2.24) is 5.32 Å². The van der Waals surface area contributed by atoms with Crippen LogP contribution in [0.4, 0.5) is 27.6 Å². The molecule has 2 aromatic rings. The average Bonchev–Trinajstić information content (AvgIpc) is 3.40. The lowest BCUT2D eigenvalue weighted by atomic mass is 9.98. The van der Waals surface area contributed by atoms with Crippen molar-refractivity contribution in [3.8, 4) is 0 Å². The number of anilines is 1. The lowest BCUT2D eigenvalue weighted by molar-refractivity contribution is -0.137. The molecule has 0 saturated carbocycles. The minimum atomic E-state index is -4.42. The number of benzene rings is 2. The molecule has 3 atom stereocenters. The van der Waals surface area contributed by atoms with Crippen LogP contribution in [0.3, 0.4) is 0 Å². The number of fused-ring (bicyclic) bond motifs is 1. The number of nitrogens with zero attached hydrogens (tertiary/aromatic N) is 1. The first-order valence-electron chi connectivity index (χ1n) is 10.8. The highest BCUT2D eigenvalue weighted by Crippen LogP contribution is 2.44. The molecule has 1 fully saturated rings. The summed E-state index contributed by atoms with van der Waals surface area (Å²) in [6.45, 7) is -1.30. The van der Waals surface area contributed by atoms with Crippen molar-refractivity contribution in [3.05, 3.63) is 64.7 Å². The van der Waals surface area contributed by atoms with Gasteiger partial charge in [0.25, 0.3) is 5.92 Å². The Morgan fingerprint density at radius 1 is 1.14 bits per heavy atom. The monoisotopic (exact) mass is 514 g/mol. The third-order valence-electron chi connectivity index (χ3n) is 5.82. The Bertz CT molecular complexity index is 1120. The highest BCUT2D eigenvalue weighted by atomic mass is 32.2. The van der Waals surface area contributed by atoms with Crippen molar-refractivity contribution in [2.75, 3.05) is 18.5 Å². The molecule has 5 N–H and O–H groups in total. The van der Waals surface area contributed by atoms with Crippen LogP contribution < -0.4 is 16.4 Å². The van der Waals surface area contributed by atoms with E-state index in [9.17, 15) is 31.9 Å². The molecule has 0 radical (unpaired) electrons. The average molecular weight is 515 g/mol. The maximum absolute atomic E-state index is 14.6. The number of thioether (sulfide) groups is 1. The Morgan fingerprint density at radius 3 is 2.51 bits per heavy atom. The lowest BCUT2D eigenvalue weighted by Crippen LogP contribution is -2.47. The van der Waals surface area contributed by atoms with Crippen LogP contribution in [0.2, 0.25) is 0 Å². The minimum absolute atomic E-state index is 0.0586. The molecule has 0 spiro atoms. The van der Waals surface area contributed by atoms with Gasteiger partial charge in [0.15, 0.2) is 5.17 Å². The Morgan fingerprint density at radius 2 is 1.86 bits per heavy atom. The number of rotatable bonds is 7. The third-order valence-corrected chi connectivity index (χ3v) is 7.09. The van der Waals surface area contributed by atoms with E-state index in [0.717, 1.165) is 23.9 Å². The third kappa shape index (κ3) is 5.76. The number of carbonyl (C=O) groups is 1. The highest BCUT2D eigenvalue weighted by Gasteiger charge is 2.49. The number of amidine groups is 1. The van der Waals surface area contributed by atoms with Gasteiger partial charge in [-0.2, -0.15) is 13.2 Å². The van der Waals surface area contributed by atoms with Crippen molar-refractivity contribution >= 4 is 28.5 Å². The molecule has 188 valence electrons. The molecular weight excluding hydrogens is 491 g/mol. The highest BCUT2D eigenvalue weighted by molar-refractivity contribution is 8.14. The minimum Gasteiger partial charge on any atom is -0.390 e. The molecule has 1 saturated heterocycles. The first kappa shape index (κ1) is 25.4. The second-order valence-electron chi connectivity index (χ2n) is 8.53. The van der Waals surface area contributed by atoms with Gasteiger partial charge in [-0.15, -0.1) is 0 Å². The Kier molecular flexibility index (Phi) is 7.07. The summed E-state index contributed by atoms with van der Waals surface area (Å²) in [7, 11) is 0. The van der Waals surface area contributed by atoms with Crippen LogP contribution in [0.5, 0.6) is 0 Å². The summed E-state index contributed by atoms with van der Waals surface area (Å²) >= 11 is 1.08. The number of aliphatic imine (C=N–C) groups is 1. The van der Waals surface area contributed by atoms with E-state index in [1.165, 1.54) is 12.1 Å². The topological polar surface area (TPSA) is 99.7 Å². The van der Waals surface area contributed by atoms with E-state index in [1.54, 1.807) is 18.2 Å². The van der Waals surface area contributed by atoms with Crippen LogP contribution in [0.25, 0.3) is 0 Å². The molecule has 12 heteroatoms. The van der Waals surface area contributed by atoms with Crippen molar-refractivity contribution in [2.45, 2.75) is 42.3 Å². The predicted octanol–water partition coefficient (Wildman–Crippen LogP) is 3.50. The van der Waals surface area contributed by atoms with E-state index < -0.39 is 41.6 Å². The van der Waals surface area contributed by atoms with E-state index in [-0.39, 0.29) is 30.5 Å². The van der Waals surface area contributed by atoms with Gasteiger partial charge in [0.1, 0.15) is 12.6 Å². The molecule has 2 aliphatic heterocycles. The number of amides is 1. The van der Waals surface area contributed by atoms with E-state index in [0.29, 0.717) is 22.4 Å². The normalized spacial score (nSPS) is 22.1. The number of hydrogen-bond acceptors (Lipinski definition) is 5. The summed E-state index contributed by atoms with van der Waals surface area (Å²) in [4.78, 5) is 15.9. The van der Waals surface area contributed by atoms with Crippen molar-refractivity contribution in [2.24, 2.45) is 10.7 Å². The SMILES string of the molecule is N[C@H](CN=C1NC(C(F)(F)CO)C(c2ccc3c(c2)CC(=O)N3)S1)Cc1ccc(C(F)(F)F)cc1. The maximum Gasteiger partial charge on any atom is 0.416 e. The Hall–Kier alpha value is -2.70. The molecule has 4 rings (SSSR count). The quantitative estimate of drug-likeness (QED) is 0.424. The van der Waals surface area contributed by atoms with Gasteiger partial charge in [0.2, 0.25) is 5.91 Å². The molecule has 6 nitrogen and oxygen atoms in total. The molecule has 35 heavy (non-hydrogen) atoms. The van der Waals surface area contributed by atoms with Gasteiger partial charge in [0, 0.05) is 11.7 Å². The summed E-state index contributed by atoms with van der Waals surface area (Å²) in [6.07, 6.45) is -4.01. The van der Waals surface area contributed by atoms with E-state index in [2.05, 4.69) is 15.6 Å². The lowest BCUT2D eigenvalue weighted by Gasteiger charge is -2.26. The molecular formula is C23H23F5N4O2S. The zero-order chi connectivity index (χ0) is 25.4. The van der Waals surface area contributed by atoms with Crippen molar-refractivity contribution in [3.63, 3.8) is 0 Å². The number of aliphatic hydroxyl groups is 1. The Balaban J connectivity index is 1.46. The fourth-order valence-corrected chi connectivity index (χ4v) is 5.29.